The van der Waals surface area contributed by atoms with Crippen molar-refractivity contribution in [2.24, 2.45) is 5.92 Å². The summed E-state index contributed by atoms with van der Waals surface area (Å²) in [4.78, 5) is 12.1. The normalized spacial score (nSPS) is 12.7. The zero-order valence-corrected chi connectivity index (χ0v) is 15.7. The van der Waals surface area contributed by atoms with Crippen LogP contribution in [0.1, 0.15) is 39.5 Å². The van der Waals surface area contributed by atoms with Gasteiger partial charge in [0.1, 0.15) is 6.54 Å². The maximum Gasteiger partial charge on any atom is 0.240 e. The van der Waals surface area contributed by atoms with Gasteiger partial charge in [0.15, 0.2) is 11.6 Å². The predicted octanol–water partition coefficient (Wildman–Crippen LogP) is 3.06. The summed E-state index contributed by atoms with van der Waals surface area (Å²) in [6.45, 7) is 4.12. The van der Waals surface area contributed by atoms with Gasteiger partial charge in [-0.3, -0.25) is 9.10 Å². The summed E-state index contributed by atoms with van der Waals surface area (Å²) in [7, 11) is -3.82. The van der Waals surface area contributed by atoms with E-state index in [0.717, 1.165) is 54.4 Å². The molecule has 0 radical (unpaired) electrons. The van der Waals surface area contributed by atoms with Gasteiger partial charge in [-0.25, -0.2) is 17.2 Å². The molecule has 0 spiro atoms. The quantitative estimate of drug-likeness (QED) is 0.682. The van der Waals surface area contributed by atoms with Crippen molar-refractivity contribution in [2.75, 3.05) is 23.7 Å². The van der Waals surface area contributed by atoms with Crippen LogP contribution in [0, 0.1) is 17.6 Å². The van der Waals surface area contributed by atoms with Gasteiger partial charge in [0.05, 0.1) is 11.9 Å². The Bertz CT molecular complexity index is 680. The van der Waals surface area contributed by atoms with Crippen molar-refractivity contribution in [1.82, 2.24) is 5.32 Å². The fraction of sp³-hybridized carbons (Fsp3) is 0.588. The van der Waals surface area contributed by atoms with E-state index < -0.39 is 34.1 Å². The minimum absolute atomic E-state index is 0.0884. The smallest absolute Gasteiger partial charge is 0.240 e. The standard InChI is InChI=1S/C17H26F2N2O3S/c1-4-6-7-13(5-2)11-20-17(22)12-21(25(3,23)24)14-8-9-15(18)16(19)10-14/h8-10,13H,4-7,11-12H2,1-3H3,(H,20,22). The molecule has 25 heavy (non-hydrogen) atoms. The molecule has 1 unspecified atom stereocenters. The Balaban J connectivity index is 2.79. The van der Waals surface area contributed by atoms with Crippen molar-refractivity contribution in [3.63, 3.8) is 0 Å². The van der Waals surface area contributed by atoms with Crippen LogP contribution in [0.4, 0.5) is 14.5 Å². The van der Waals surface area contributed by atoms with Crippen LogP contribution in [-0.2, 0) is 14.8 Å². The van der Waals surface area contributed by atoms with Crippen molar-refractivity contribution >= 4 is 21.6 Å². The first-order valence-electron chi connectivity index (χ1n) is 8.38. The van der Waals surface area contributed by atoms with Gasteiger partial charge in [0.25, 0.3) is 0 Å². The van der Waals surface area contributed by atoms with E-state index in [4.69, 9.17) is 0 Å². The number of sulfonamides is 1. The molecule has 0 aliphatic carbocycles. The number of amides is 1. The number of benzene rings is 1. The third-order valence-corrected chi connectivity index (χ3v) is 5.15. The van der Waals surface area contributed by atoms with E-state index in [1.165, 1.54) is 0 Å². The Morgan fingerprint density at radius 3 is 2.44 bits per heavy atom. The van der Waals surface area contributed by atoms with Gasteiger partial charge >= 0.3 is 0 Å². The molecule has 142 valence electrons. The number of halogens is 2. The van der Waals surface area contributed by atoms with Gasteiger partial charge in [-0.15, -0.1) is 0 Å². The van der Waals surface area contributed by atoms with E-state index in [9.17, 15) is 22.0 Å². The number of nitrogens with zero attached hydrogens (tertiary/aromatic N) is 1. The summed E-state index contributed by atoms with van der Waals surface area (Å²) >= 11 is 0. The summed E-state index contributed by atoms with van der Waals surface area (Å²) in [5.74, 6) is -2.40. The van der Waals surface area contributed by atoms with Crippen LogP contribution in [0.25, 0.3) is 0 Å². The first-order chi connectivity index (χ1) is 11.7. The fourth-order valence-corrected chi connectivity index (χ4v) is 3.28. The highest BCUT2D eigenvalue weighted by atomic mass is 32.2. The lowest BCUT2D eigenvalue weighted by Gasteiger charge is -2.23. The highest BCUT2D eigenvalue weighted by molar-refractivity contribution is 7.92. The second kappa shape index (κ2) is 9.70. The summed E-state index contributed by atoms with van der Waals surface area (Å²) in [5, 5.41) is 2.73. The van der Waals surface area contributed by atoms with Crippen molar-refractivity contribution in [2.45, 2.75) is 39.5 Å². The van der Waals surface area contributed by atoms with Gasteiger partial charge in [-0.1, -0.05) is 33.1 Å². The van der Waals surface area contributed by atoms with Crippen LogP contribution in [0.15, 0.2) is 18.2 Å². The van der Waals surface area contributed by atoms with E-state index in [0.29, 0.717) is 12.5 Å². The molecule has 0 aliphatic heterocycles. The molecule has 0 bridgehead atoms. The Kier molecular flexibility index (Phi) is 8.28. The Morgan fingerprint density at radius 2 is 1.92 bits per heavy atom. The summed E-state index contributed by atoms with van der Waals surface area (Å²) in [5.41, 5.74) is -0.0884. The molecule has 0 heterocycles. The third-order valence-electron chi connectivity index (χ3n) is 4.01. The average Bonchev–Trinajstić information content (AvgIpc) is 2.54. The van der Waals surface area contributed by atoms with Crippen LogP contribution >= 0.6 is 0 Å². The fourth-order valence-electron chi connectivity index (χ4n) is 2.43. The van der Waals surface area contributed by atoms with E-state index in [-0.39, 0.29) is 5.69 Å². The van der Waals surface area contributed by atoms with Crippen LogP contribution in [0.3, 0.4) is 0 Å². The van der Waals surface area contributed by atoms with Crippen LogP contribution in [0.5, 0.6) is 0 Å². The lowest BCUT2D eigenvalue weighted by atomic mass is 9.99. The molecule has 0 fully saturated rings. The Labute approximate surface area is 148 Å². The molecular formula is C17H26F2N2O3S. The Hall–Kier alpha value is -1.70. The lowest BCUT2D eigenvalue weighted by Crippen LogP contribution is -2.41. The maximum absolute atomic E-state index is 13.4. The van der Waals surface area contributed by atoms with Crippen molar-refractivity contribution in [3.8, 4) is 0 Å². The first-order valence-corrected chi connectivity index (χ1v) is 10.2. The molecule has 0 aliphatic rings. The van der Waals surface area contributed by atoms with Gasteiger partial charge in [0, 0.05) is 12.6 Å². The number of rotatable bonds is 10. The first kappa shape index (κ1) is 21.3. The number of anilines is 1. The van der Waals surface area contributed by atoms with Crippen molar-refractivity contribution in [1.29, 1.82) is 0 Å². The molecule has 0 saturated heterocycles. The average molecular weight is 376 g/mol. The molecule has 0 saturated carbocycles. The topological polar surface area (TPSA) is 66.5 Å². The maximum atomic E-state index is 13.4. The van der Waals surface area contributed by atoms with Gasteiger partial charge in [-0.05, 0) is 24.5 Å². The SMILES string of the molecule is CCCCC(CC)CNC(=O)CN(c1ccc(F)c(F)c1)S(C)(=O)=O. The highest BCUT2D eigenvalue weighted by Gasteiger charge is 2.22. The van der Waals surface area contributed by atoms with E-state index in [2.05, 4.69) is 12.2 Å². The van der Waals surface area contributed by atoms with Crippen LogP contribution < -0.4 is 9.62 Å². The number of hydrogen-bond donors (Lipinski definition) is 1. The van der Waals surface area contributed by atoms with Crippen molar-refractivity contribution < 1.29 is 22.0 Å². The zero-order valence-electron chi connectivity index (χ0n) is 14.9. The largest absolute Gasteiger partial charge is 0.354 e. The van der Waals surface area contributed by atoms with E-state index >= 15 is 0 Å². The number of nitrogens with one attached hydrogen (secondary N) is 1. The van der Waals surface area contributed by atoms with Gasteiger partial charge in [0.2, 0.25) is 15.9 Å². The second-order valence-corrected chi connectivity index (χ2v) is 8.00. The molecule has 1 atom stereocenters. The van der Waals surface area contributed by atoms with E-state index in [1.807, 2.05) is 6.92 Å². The molecule has 1 aromatic carbocycles. The zero-order chi connectivity index (χ0) is 19.0. The molecular weight excluding hydrogens is 350 g/mol. The van der Waals surface area contributed by atoms with Crippen molar-refractivity contribution in [3.05, 3.63) is 29.8 Å². The highest BCUT2D eigenvalue weighted by Crippen LogP contribution is 2.20. The van der Waals surface area contributed by atoms with Gasteiger partial charge < -0.3 is 5.32 Å². The molecule has 1 rings (SSSR count). The third kappa shape index (κ3) is 6.97. The molecule has 1 aromatic rings. The Morgan fingerprint density at radius 1 is 1.24 bits per heavy atom. The lowest BCUT2D eigenvalue weighted by molar-refractivity contribution is -0.119. The number of carbonyl (C=O) groups excluding carboxylic acids is 1. The molecule has 8 heteroatoms. The summed E-state index contributed by atoms with van der Waals surface area (Å²) < 4.78 is 51.1. The minimum atomic E-state index is -3.82. The summed E-state index contributed by atoms with van der Waals surface area (Å²) in [6.07, 6.45) is 4.96. The van der Waals surface area contributed by atoms with Crippen LogP contribution in [0.2, 0.25) is 0 Å². The number of hydrogen-bond acceptors (Lipinski definition) is 3. The number of carbonyl (C=O) groups is 1. The number of unbranched alkanes of at least 4 members (excludes halogenated alkanes) is 1. The van der Waals surface area contributed by atoms with Gasteiger partial charge in [-0.2, -0.15) is 0 Å². The monoisotopic (exact) mass is 376 g/mol. The molecule has 1 amide bonds. The van der Waals surface area contributed by atoms with Crippen LogP contribution in [-0.4, -0.2) is 33.7 Å². The predicted molar refractivity (Wildman–Crippen MR) is 94.9 cm³/mol. The second-order valence-electron chi connectivity index (χ2n) is 6.09. The minimum Gasteiger partial charge on any atom is -0.354 e. The van der Waals surface area contributed by atoms with E-state index in [1.54, 1.807) is 0 Å². The molecule has 0 aromatic heterocycles. The summed E-state index contributed by atoms with van der Waals surface area (Å²) in [6, 6.07) is 2.72. The molecule has 5 nitrogen and oxygen atoms in total. The molecule has 1 N–H and O–H groups in total.